The molecule has 1 fully saturated rings. The summed E-state index contributed by atoms with van der Waals surface area (Å²) in [5.74, 6) is 2.33. The van der Waals surface area contributed by atoms with Crippen molar-refractivity contribution >= 4 is 0 Å². The molecule has 0 heterocycles. The average molecular weight is 196 g/mol. The van der Waals surface area contributed by atoms with Crippen molar-refractivity contribution in [3.05, 3.63) is 12.7 Å². The molecule has 1 nitrogen and oxygen atoms in total. The lowest BCUT2D eigenvalue weighted by atomic mass is 9.76. The van der Waals surface area contributed by atoms with Gasteiger partial charge in [-0.3, -0.25) is 0 Å². The van der Waals surface area contributed by atoms with Crippen LogP contribution in [0, 0.1) is 17.8 Å². The molecule has 1 aliphatic carbocycles. The Hall–Kier alpha value is -0.300. The maximum absolute atomic E-state index is 8.92. The lowest BCUT2D eigenvalue weighted by Gasteiger charge is -2.29. The van der Waals surface area contributed by atoms with E-state index in [4.69, 9.17) is 5.11 Å². The van der Waals surface area contributed by atoms with Crippen LogP contribution in [0.2, 0.25) is 0 Å². The second-order valence-electron chi connectivity index (χ2n) is 4.86. The molecule has 1 N–H and O–H groups in total. The van der Waals surface area contributed by atoms with Gasteiger partial charge in [0.2, 0.25) is 0 Å². The Morgan fingerprint density at radius 1 is 1.43 bits per heavy atom. The molecule has 0 aliphatic heterocycles. The lowest BCUT2D eigenvalue weighted by molar-refractivity contribution is 0.189. The number of allylic oxidation sites excluding steroid dienone is 1. The Kier molecular flexibility index (Phi) is 5.24. The highest BCUT2D eigenvalue weighted by Crippen LogP contribution is 2.34. The first-order chi connectivity index (χ1) is 6.76. The van der Waals surface area contributed by atoms with Crippen LogP contribution in [-0.4, -0.2) is 11.7 Å². The van der Waals surface area contributed by atoms with Crippen molar-refractivity contribution in [3.8, 4) is 0 Å². The van der Waals surface area contributed by atoms with Crippen LogP contribution in [0.5, 0.6) is 0 Å². The zero-order valence-electron chi connectivity index (χ0n) is 9.41. The summed E-state index contributed by atoms with van der Waals surface area (Å²) in [6.45, 7) is 6.46. The summed E-state index contributed by atoms with van der Waals surface area (Å²) in [5, 5.41) is 8.92. The third-order valence-corrected chi connectivity index (χ3v) is 3.54. The minimum atomic E-state index is 0.369. The van der Waals surface area contributed by atoms with E-state index in [1.54, 1.807) is 0 Å². The van der Waals surface area contributed by atoms with Gasteiger partial charge < -0.3 is 5.11 Å². The van der Waals surface area contributed by atoms with E-state index in [0.717, 1.165) is 18.3 Å². The fourth-order valence-corrected chi connectivity index (χ4v) is 2.68. The molecule has 0 aromatic carbocycles. The van der Waals surface area contributed by atoms with Crippen LogP contribution in [0.3, 0.4) is 0 Å². The summed E-state index contributed by atoms with van der Waals surface area (Å²) in [7, 11) is 0. The van der Waals surface area contributed by atoms with Crippen molar-refractivity contribution in [2.75, 3.05) is 6.61 Å². The fraction of sp³-hybridized carbons (Fsp3) is 0.846. The number of hydrogen-bond acceptors (Lipinski definition) is 1. The zero-order chi connectivity index (χ0) is 10.4. The normalized spacial score (nSPS) is 29.9. The van der Waals surface area contributed by atoms with Crippen molar-refractivity contribution in [2.24, 2.45) is 17.8 Å². The second kappa shape index (κ2) is 6.23. The van der Waals surface area contributed by atoms with E-state index < -0.39 is 0 Å². The SMILES string of the molecule is C=CC(C)CC1CCCC(CCO)C1. The molecule has 1 aliphatic rings. The molecule has 3 atom stereocenters. The molecular weight excluding hydrogens is 172 g/mol. The summed E-state index contributed by atoms with van der Waals surface area (Å²) in [5.41, 5.74) is 0. The van der Waals surface area contributed by atoms with Gasteiger partial charge in [-0.15, -0.1) is 6.58 Å². The third kappa shape index (κ3) is 3.83. The van der Waals surface area contributed by atoms with Crippen LogP contribution in [0.1, 0.15) is 45.4 Å². The first-order valence-corrected chi connectivity index (χ1v) is 5.99. The van der Waals surface area contributed by atoms with Crippen LogP contribution in [0.4, 0.5) is 0 Å². The molecule has 0 radical (unpaired) electrons. The molecule has 1 saturated carbocycles. The number of aliphatic hydroxyl groups is 1. The summed E-state index contributed by atoms with van der Waals surface area (Å²) in [4.78, 5) is 0. The Morgan fingerprint density at radius 3 is 2.79 bits per heavy atom. The lowest BCUT2D eigenvalue weighted by Crippen LogP contribution is -2.18. The second-order valence-corrected chi connectivity index (χ2v) is 4.86. The van der Waals surface area contributed by atoms with Crippen LogP contribution in [0.25, 0.3) is 0 Å². The first-order valence-electron chi connectivity index (χ1n) is 5.99. The molecule has 0 saturated heterocycles. The third-order valence-electron chi connectivity index (χ3n) is 3.54. The van der Waals surface area contributed by atoms with Crippen molar-refractivity contribution in [1.29, 1.82) is 0 Å². The molecule has 1 heteroatoms. The molecule has 0 aromatic rings. The van der Waals surface area contributed by atoms with Crippen molar-refractivity contribution in [3.63, 3.8) is 0 Å². The molecule has 0 spiro atoms. The minimum absolute atomic E-state index is 0.369. The topological polar surface area (TPSA) is 20.2 Å². The predicted molar refractivity (Wildman–Crippen MR) is 61.1 cm³/mol. The van der Waals surface area contributed by atoms with Crippen molar-refractivity contribution in [2.45, 2.75) is 45.4 Å². The number of hydrogen-bond donors (Lipinski definition) is 1. The quantitative estimate of drug-likeness (QED) is 0.668. The Labute approximate surface area is 88.2 Å². The maximum Gasteiger partial charge on any atom is 0.0433 e. The van der Waals surface area contributed by atoms with Gasteiger partial charge >= 0.3 is 0 Å². The van der Waals surface area contributed by atoms with Gasteiger partial charge in [0, 0.05) is 6.61 Å². The van der Waals surface area contributed by atoms with Crippen LogP contribution < -0.4 is 0 Å². The largest absolute Gasteiger partial charge is 0.396 e. The van der Waals surface area contributed by atoms with Gasteiger partial charge in [0.1, 0.15) is 0 Å². The Morgan fingerprint density at radius 2 is 2.14 bits per heavy atom. The van der Waals surface area contributed by atoms with Gasteiger partial charge in [0.05, 0.1) is 0 Å². The molecular formula is C13H24O. The van der Waals surface area contributed by atoms with E-state index in [9.17, 15) is 0 Å². The van der Waals surface area contributed by atoms with E-state index in [1.165, 1.54) is 32.1 Å². The molecule has 0 amide bonds. The zero-order valence-corrected chi connectivity index (χ0v) is 9.41. The average Bonchev–Trinajstić information content (AvgIpc) is 2.19. The van der Waals surface area contributed by atoms with E-state index in [-0.39, 0.29) is 0 Å². The van der Waals surface area contributed by atoms with Crippen LogP contribution in [0.15, 0.2) is 12.7 Å². The first kappa shape index (κ1) is 11.8. The van der Waals surface area contributed by atoms with Gasteiger partial charge in [-0.05, 0) is 37.0 Å². The highest BCUT2D eigenvalue weighted by atomic mass is 16.3. The number of rotatable bonds is 5. The predicted octanol–water partition coefficient (Wildman–Crippen LogP) is 3.39. The monoisotopic (exact) mass is 196 g/mol. The van der Waals surface area contributed by atoms with Gasteiger partial charge in [-0.2, -0.15) is 0 Å². The van der Waals surface area contributed by atoms with E-state index in [1.807, 2.05) is 0 Å². The molecule has 82 valence electrons. The van der Waals surface area contributed by atoms with Crippen LogP contribution >= 0.6 is 0 Å². The van der Waals surface area contributed by atoms with Gasteiger partial charge in [-0.25, -0.2) is 0 Å². The highest BCUT2D eigenvalue weighted by Gasteiger charge is 2.22. The highest BCUT2D eigenvalue weighted by molar-refractivity contribution is 4.81. The van der Waals surface area contributed by atoms with E-state index in [2.05, 4.69) is 19.6 Å². The molecule has 0 bridgehead atoms. The van der Waals surface area contributed by atoms with Gasteiger partial charge in [0.15, 0.2) is 0 Å². The molecule has 14 heavy (non-hydrogen) atoms. The van der Waals surface area contributed by atoms with Gasteiger partial charge in [0.25, 0.3) is 0 Å². The number of aliphatic hydroxyl groups excluding tert-OH is 1. The molecule has 1 rings (SSSR count). The van der Waals surface area contributed by atoms with Crippen LogP contribution in [-0.2, 0) is 0 Å². The maximum atomic E-state index is 8.92. The molecule has 3 unspecified atom stereocenters. The Balaban J connectivity index is 2.28. The smallest absolute Gasteiger partial charge is 0.0433 e. The summed E-state index contributed by atoms with van der Waals surface area (Å²) in [6, 6.07) is 0. The summed E-state index contributed by atoms with van der Waals surface area (Å²) < 4.78 is 0. The molecule has 0 aromatic heterocycles. The summed E-state index contributed by atoms with van der Waals surface area (Å²) in [6.07, 6.45) is 9.79. The van der Waals surface area contributed by atoms with Crippen molar-refractivity contribution < 1.29 is 5.11 Å². The van der Waals surface area contributed by atoms with Crippen molar-refractivity contribution in [1.82, 2.24) is 0 Å². The Bertz CT molecular complexity index is 163. The standard InChI is InChI=1S/C13H24O/c1-3-11(2)9-13-6-4-5-12(10-13)7-8-14/h3,11-14H,1,4-10H2,2H3. The van der Waals surface area contributed by atoms with E-state index >= 15 is 0 Å². The van der Waals surface area contributed by atoms with E-state index in [0.29, 0.717) is 12.5 Å². The summed E-state index contributed by atoms with van der Waals surface area (Å²) >= 11 is 0. The minimum Gasteiger partial charge on any atom is -0.396 e. The van der Waals surface area contributed by atoms with Gasteiger partial charge in [-0.1, -0.05) is 32.3 Å². The fourth-order valence-electron chi connectivity index (χ4n) is 2.68.